The highest BCUT2D eigenvalue weighted by Gasteiger charge is 2.11. The third-order valence-electron chi connectivity index (χ3n) is 2.97. The van der Waals surface area contributed by atoms with Crippen molar-refractivity contribution in [3.63, 3.8) is 0 Å². The van der Waals surface area contributed by atoms with Crippen molar-refractivity contribution in [2.45, 2.75) is 39.5 Å². The van der Waals surface area contributed by atoms with Gasteiger partial charge < -0.3 is 4.52 Å². The molecular weight excluding hydrogens is 240 g/mol. The molecule has 0 atom stereocenters. The van der Waals surface area contributed by atoms with Crippen LogP contribution >= 0.6 is 0 Å². The monoisotopic (exact) mass is 258 g/mol. The van der Waals surface area contributed by atoms with E-state index >= 15 is 0 Å². The normalized spacial score (nSPS) is 10.6. The first kappa shape index (κ1) is 13.5. The Morgan fingerprint density at radius 2 is 1.95 bits per heavy atom. The third kappa shape index (κ3) is 3.50. The van der Waals surface area contributed by atoms with Crippen molar-refractivity contribution in [2.75, 3.05) is 0 Å². The minimum Gasteiger partial charge on any atom is -0.339 e. The van der Waals surface area contributed by atoms with Crippen LogP contribution in [0.2, 0.25) is 0 Å². The van der Waals surface area contributed by atoms with Crippen molar-refractivity contribution in [3.05, 3.63) is 35.7 Å². The number of hydrogen-bond donors (Lipinski definition) is 0. The van der Waals surface area contributed by atoms with Crippen LogP contribution < -0.4 is 0 Å². The second-order valence-corrected chi connectivity index (χ2v) is 4.53. The van der Waals surface area contributed by atoms with Crippen LogP contribution in [-0.4, -0.2) is 15.9 Å². The molecule has 1 aromatic heterocycles. The molecule has 0 aliphatic heterocycles. The summed E-state index contributed by atoms with van der Waals surface area (Å²) in [6.45, 7) is 4.09. The van der Waals surface area contributed by atoms with Crippen molar-refractivity contribution in [3.8, 4) is 11.4 Å². The molecule has 0 aliphatic carbocycles. The number of carbonyl (C=O) groups is 1. The van der Waals surface area contributed by atoms with Gasteiger partial charge in [0.25, 0.3) is 0 Å². The minimum atomic E-state index is 0.138. The number of benzene rings is 1. The summed E-state index contributed by atoms with van der Waals surface area (Å²) in [5.41, 5.74) is 2.18. The van der Waals surface area contributed by atoms with Gasteiger partial charge in [-0.15, -0.1) is 0 Å². The summed E-state index contributed by atoms with van der Waals surface area (Å²) in [5.74, 6) is 1.08. The molecule has 19 heavy (non-hydrogen) atoms. The van der Waals surface area contributed by atoms with Crippen LogP contribution in [0.15, 0.2) is 28.8 Å². The molecule has 0 spiro atoms. The van der Waals surface area contributed by atoms with Crippen LogP contribution in [0.25, 0.3) is 11.4 Å². The zero-order valence-corrected chi connectivity index (χ0v) is 11.3. The maximum absolute atomic E-state index is 11.5. The summed E-state index contributed by atoms with van der Waals surface area (Å²) < 4.78 is 5.11. The number of aryl methyl sites for hydroxylation is 1. The SMILES string of the molecule is CCCC(=O)Cc1nc(-c2ccc(CC)cc2)no1. The van der Waals surface area contributed by atoms with Crippen molar-refractivity contribution in [1.29, 1.82) is 0 Å². The van der Waals surface area contributed by atoms with Gasteiger partial charge >= 0.3 is 0 Å². The molecule has 1 heterocycles. The lowest BCUT2D eigenvalue weighted by molar-refractivity contribution is -0.118. The van der Waals surface area contributed by atoms with Gasteiger partial charge in [-0.2, -0.15) is 4.98 Å². The molecule has 4 nitrogen and oxygen atoms in total. The highest BCUT2D eigenvalue weighted by molar-refractivity contribution is 5.79. The number of ketones is 1. The summed E-state index contributed by atoms with van der Waals surface area (Å²) in [6, 6.07) is 8.05. The van der Waals surface area contributed by atoms with Crippen LogP contribution in [0.1, 0.15) is 38.1 Å². The largest absolute Gasteiger partial charge is 0.339 e. The molecule has 1 aromatic carbocycles. The number of nitrogens with zero attached hydrogens (tertiary/aromatic N) is 2. The van der Waals surface area contributed by atoms with E-state index in [1.165, 1.54) is 5.56 Å². The smallest absolute Gasteiger partial charge is 0.234 e. The van der Waals surface area contributed by atoms with Crippen LogP contribution in [0.3, 0.4) is 0 Å². The third-order valence-corrected chi connectivity index (χ3v) is 2.97. The Morgan fingerprint density at radius 1 is 1.21 bits per heavy atom. The molecule has 100 valence electrons. The average Bonchev–Trinajstić information content (AvgIpc) is 2.87. The maximum Gasteiger partial charge on any atom is 0.234 e. The Balaban J connectivity index is 2.09. The molecule has 2 rings (SSSR count). The summed E-state index contributed by atoms with van der Waals surface area (Å²) in [4.78, 5) is 15.8. The first-order valence-corrected chi connectivity index (χ1v) is 6.66. The molecule has 0 amide bonds. The first-order chi connectivity index (χ1) is 9.22. The molecule has 0 radical (unpaired) electrons. The van der Waals surface area contributed by atoms with Gasteiger partial charge in [0.1, 0.15) is 5.78 Å². The molecule has 0 bridgehead atoms. The zero-order valence-electron chi connectivity index (χ0n) is 11.3. The fourth-order valence-corrected chi connectivity index (χ4v) is 1.87. The molecule has 0 aliphatic rings. The number of aromatic nitrogens is 2. The minimum absolute atomic E-state index is 0.138. The van der Waals surface area contributed by atoms with E-state index in [0.717, 1.165) is 18.4 Å². The predicted molar refractivity (Wildman–Crippen MR) is 72.7 cm³/mol. The van der Waals surface area contributed by atoms with Crippen molar-refractivity contribution >= 4 is 5.78 Å². The molecule has 0 saturated carbocycles. The molecule has 0 N–H and O–H groups in total. The summed E-state index contributed by atoms with van der Waals surface area (Å²) >= 11 is 0. The van der Waals surface area contributed by atoms with Crippen molar-refractivity contribution in [1.82, 2.24) is 10.1 Å². The van der Waals surface area contributed by atoms with E-state index in [4.69, 9.17) is 4.52 Å². The lowest BCUT2D eigenvalue weighted by Crippen LogP contribution is -2.01. The van der Waals surface area contributed by atoms with E-state index in [9.17, 15) is 4.79 Å². The van der Waals surface area contributed by atoms with Crippen molar-refractivity contribution in [2.24, 2.45) is 0 Å². The number of rotatable bonds is 6. The summed E-state index contributed by atoms with van der Waals surface area (Å²) in [6.07, 6.45) is 2.64. The predicted octanol–water partition coefficient (Wildman–Crippen LogP) is 3.21. The quantitative estimate of drug-likeness (QED) is 0.798. The molecule has 0 saturated heterocycles. The molecule has 4 heteroatoms. The second kappa shape index (κ2) is 6.27. The van der Waals surface area contributed by atoms with E-state index in [1.807, 2.05) is 31.2 Å². The van der Waals surface area contributed by atoms with E-state index in [2.05, 4.69) is 17.1 Å². The van der Waals surface area contributed by atoms with Crippen LogP contribution in [0, 0.1) is 0 Å². The van der Waals surface area contributed by atoms with Crippen LogP contribution in [0.5, 0.6) is 0 Å². The fourth-order valence-electron chi connectivity index (χ4n) is 1.87. The van der Waals surface area contributed by atoms with Gasteiger partial charge in [-0.25, -0.2) is 0 Å². The average molecular weight is 258 g/mol. The fraction of sp³-hybridized carbons (Fsp3) is 0.400. The zero-order chi connectivity index (χ0) is 13.7. The Labute approximate surface area is 112 Å². The van der Waals surface area contributed by atoms with Gasteiger partial charge in [0, 0.05) is 12.0 Å². The number of carbonyl (C=O) groups excluding carboxylic acids is 1. The number of hydrogen-bond acceptors (Lipinski definition) is 4. The second-order valence-electron chi connectivity index (χ2n) is 4.53. The van der Waals surface area contributed by atoms with Gasteiger partial charge in [-0.3, -0.25) is 4.79 Å². The van der Waals surface area contributed by atoms with Gasteiger partial charge in [-0.1, -0.05) is 43.3 Å². The van der Waals surface area contributed by atoms with Gasteiger partial charge in [-0.05, 0) is 18.4 Å². The van der Waals surface area contributed by atoms with E-state index in [0.29, 0.717) is 18.1 Å². The van der Waals surface area contributed by atoms with Crippen molar-refractivity contribution < 1.29 is 9.32 Å². The molecule has 0 fully saturated rings. The Morgan fingerprint density at radius 3 is 2.58 bits per heavy atom. The number of Topliss-reactive ketones (excluding diaryl/α,β-unsaturated/α-hetero) is 1. The van der Waals surface area contributed by atoms with Gasteiger partial charge in [0.15, 0.2) is 0 Å². The lowest BCUT2D eigenvalue weighted by Gasteiger charge is -1.97. The Bertz CT molecular complexity index is 544. The molecule has 0 unspecified atom stereocenters. The standard InChI is InChI=1S/C15H18N2O2/c1-3-5-13(18)10-14-16-15(17-19-14)12-8-6-11(4-2)7-9-12/h6-9H,3-5,10H2,1-2H3. The first-order valence-electron chi connectivity index (χ1n) is 6.66. The van der Waals surface area contributed by atoms with Crippen LogP contribution in [0.4, 0.5) is 0 Å². The molecule has 2 aromatic rings. The lowest BCUT2D eigenvalue weighted by atomic mass is 10.1. The van der Waals surface area contributed by atoms with Gasteiger partial charge in [0.2, 0.25) is 11.7 Å². The maximum atomic E-state index is 11.5. The summed E-state index contributed by atoms with van der Waals surface area (Å²) in [7, 11) is 0. The van der Waals surface area contributed by atoms with E-state index < -0.39 is 0 Å². The highest BCUT2D eigenvalue weighted by atomic mass is 16.5. The topological polar surface area (TPSA) is 56.0 Å². The summed E-state index contributed by atoms with van der Waals surface area (Å²) in [5, 5.41) is 3.92. The highest BCUT2D eigenvalue weighted by Crippen LogP contribution is 2.17. The molecular formula is C15H18N2O2. The van der Waals surface area contributed by atoms with Gasteiger partial charge in [0.05, 0.1) is 6.42 Å². The van der Waals surface area contributed by atoms with E-state index in [1.54, 1.807) is 0 Å². The van der Waals surface area contributed by atoms with Crippen LogP contribution in [-0.2, 0) is 17.6 Å². The van der Waals surface area contributed by atoms with E-state index in [-0.39, 0.29) is 12.2 Å². The Kier molecular flexibility index (Phi) is 4.44. The Hall–Kier alpha value is -1.97.